The first-order valence-electron chi connectivity index (χ1n) is 7.62. The van der Waals surface area contributed by atoms with Gasteiger partial charge in [-0.3, -0.25) is 9.88 Å². The van der Waals surface area contributed by atoms with Crippen molar-refractivity contribution in [1.29, 1.82) is 0 Å². The number of likely N-dealkylation sites (N-methyl/N-ethyl adjacent to an activating group) is 1. The Kier molecular flexibility index (Phi) is 5.00. The van der Waals surface area contributed by atoms with Crippen LogP contribution in [0.1, 0.15) is 33.3 Å². The molecule has 0 amide bonds. The second kappa shape index (κ2) is 6.55. The molecule has 1 aromatic heterocycles. The number of rotatable bonds is 4. The molecule has 4 nitrogen and oxygen atoms in total. The van der Waals surface area contributed by atoms with Crippen LogP contribution in [0.25, 0.3) is 0 Å². The van der Waals surface area contributed by atoms with Gasteiger partial charge in [-0.2, -0.15) is 0 Å². The Labute approximate surface area is 123 Å². The van der Waals surface area contributed by atoms with Crippen molar-refractivity contribution in [2.45, 2.75) is 52.4 Å². The Morgan fingerprint density at radius 2 is 1.95 bits per heavy atom. The molecule has 112 valence electrons. The van der Waals surface area contributed by atoms with E-state index in [1.807, 2.05) is 12.4 Å². The third-order valence-corrected chi connectivity index (χ3v) is 4.29. The van der Waals surface area contributed by atoms with Gasteiger partial charge in [0, 0.05) is 44.0 Å². The fraction of sp³-hybridized carbons (Fsp3) is 0.688. The lowest BCUT2D eigenvalue weighted by molar-refractivity contribution is 0.170. The van der Waals surface area contributed by atoms with Crippen LogP contribution in [0.15, 0.2) is 18.5 Å². The van der Waals surface area contributed by atoms with Crippen LogP contribution in [0, 0.1) is 0 Å². The first-order chi connectivity index (χ1) is 9.49. The topological polar surface area (TPSA) is 31.4 Å². The third kappa shape index (κ3) is 3.49. The van der Waals surface area contributed by atoms with Gasteiger partial charge in [-0.1, -0.05) is 13.8 Å². The smallest absolute Gasteiger partial charge is 0.0599 e. The molecule has 0 saturated carbocycles. The van der Waals surface area contributed by atoms with Crippen LogP contribution in [0.5, 0.6) is 0 Å². The minimum absolute atomic E-state index is 0.501. The Morgan fingerprint density at radius 3 is 2.55 bits per heavy atom. The summed E-state index contributed by atoms with van der Waals surface area (Å²) < 4.78 is 0. The Bertz CT molecular complexity index is 420. The average molecular weight is 276 g/mol. The zero-order chi connectivity index (χ0) is 14.7. The maximum absolute atomic E-state index is 4.33. The number of pyridine rings is 1. The molecule has 0 aromatic carbocycles. The number of nitrogens with one attached hydrogen (secondary N) is 1. The van der Waals surface area contributed by atoms with E-state index in [9.17, 15) is 0 Å². The summed E-state index contributed by atoms with van der Waals surface area (Å²) in [5, 5.41) is 3.51. The van der Waals surface area contributed by atoms with Gasteiger partial charge in [-0.15, -0.1) is 0 Å². The van der Waals surface area contributed by atoms with Gasteiger partial charge in [0.2, 0.25) is 0 Å². The van der Waals surface area contributed by atoms with Gasteiger partial charge in [-0.25, -0.2) is 0 Å². The lowest BCUT2D eigenvalue weighted by atomic mass is 10.1. The summed E-state index contributed by atoms with van der Waals surface area (Å²) in [7, 11) is 2.22. The van der Waals surface area contributed by atoms with E-state index in [4.69, 9.17) is 0 Å². The van der Waals surface area contributed by atoms with Crippen molar-refractivity contribution in [3.05, 3.63) is 24.0 Å². The van der Waals surface area contributed by atoms with Gasteiger partial charge < -0.3 is 10.2 Å². The van der Waals surface area contributed by atoms with E-state index in [0.717, 1.165) is 19.6 Å². The van der Waals surface area contributed by atoms with Crippen LogP contribution in [0.3, 0.4) is 0 Å². The molecule has 0 aliphatic carbocycles. The molecule has 2 heterocycles. The van der Waals surface area contributed by atoms with Crippen LogP contribution in [0.4, 0.5) is 5.69 Å². The molecule has 1 saturated heterocycles. The van der Waals surface area contributed by atoms with Gasteiger partial charge in [0.05, 0.1) is 11.9 Å². The molecule has 2 rings (SSSR count). The number of anilines is 1. The second-order valence-electron chi connectivity index (χ2n) is 6.31. The molecule has 20 heavy (non-hydrogen) atoms. The van der Waals surface area contributed by atoms with E-state index < -0.39 is 0 Å². The fourth-order valence-electron chi connectivity index (χ4n) is 2.76. The number of piperazine rings is 1. The lowest BCUT2D eigenvalue weighted by Gasteiger charge is -2.44. The van der Waals surface area contributed by atoms with E-state index in [0.29, 0.717) is 18.1 Å². The van der Waals surface area contributed by atoms with Crippen molar-refractivity contribution < 1.29 is 0 Å². The summed E-state index contributed by atoms with van der Waals surface area (Å²) >= 11 is 0. The monoisotopic (exact) mass is 276 g/mol. The highest BCUT2D eigenvalue weighted by Crippen LogP contribution is 2.24. The number of hydrogen-bond donors (Lipinski definition) is 1. The van der Waals surface area contributed by atoms with Crippen molar-refractivity contribution in [2.24, 2.45) is 0 Å². The zero-order valence-electron chi connectivity index (χ0n) is 13.4. The van der Waals surface area contributed by atoms with Gasteiger partial charge >= 0.3 is 0 Å². The van der Waals surface area contributed by atoms with Gasteiger partial charge in [-0.05, 0) is 32.5 Å². The highest BCUT2D eigenvalue weighted by Gasteiger charge is 2.27. The molecule has 1 aliphatic rings. The van der Waals surface area contributed by atoms with Gasteiger partial charge in [0.1, 0.15) is 0 Å². The molecule has 1 aliphatic heterocycles. The highest BCUT2D eigenvalue weighted by atomic mass is 15.3. The molecule has 0 radical (unpaired) electrons. The summed E-state index contributed by atoms with van der Waals surface area (Å²) in [6, 6.07) is 3.79. The predicted octanol–water partition coefficient (Wildman–Crippen LogP) is 2.11. The molecule has 1 fully saturated rings. The van der Waals surface area contributed by atoms with E-state index in [-0.39, 0.29) is 0 Å². The van der Waals surface area contributed by atoms with E-state index in [1.54, 1.807) is 0 Å². The molecule has 0 bridgehead atoms. The minimum Gasteiger partial charge on any atom is -0.367 e. The van der Waals surface area contributed by atoms with Crippen LogP contribution in [0.2, 0.25) is 0 Å². The molecular weight excluding hydrogens is 248 g/mol. The molecule has 0 spiro atoms. The average Bonchev–Trinajstić information content (AvgIpc) is 2.42. The summed E-state index contributed by atoms with van der Waals surface area (Å²) in [6.45, 7) is 12.0. The lowest BCUT2D eigenvalue weighted by Crippen LogP contribution is -2.55. The van der Waals surface area contributed by atoms with Crippen molar-refractivity contribution >= 4 is 5.69 Å². The molecule has 4 heteroatoms. The van der Waals surface area contributed by atoms with Crippen LogP contribution < -0.4 is 10.2 Å². The minimum atomic E-state index is 0.501. The fourth-order valence-corrected chi connectivity index (χ4v) is 2.76. The largest absolute Gasteiger partial charge is 0.367 e. The molecule has 1 N–H and O–H groups in total. The predicted molar refractivity (Wildman–Crippen MR) is 85.1 cm³/mol. The van der Waals surface area contributed by atoms with E-state index >= 15 is 0 Å². The maximum Gasteiger partial charge on any atom is 0.0599 e. The summed E-state index contributed by atoms with van der Waals surface area (Å²) in [5.41, 5.74) is 2.63. The number of hydrogen-bond acceptors (Lipinski definition) is 4. The molecule has 1 aromatic rings. The van der Waals surface area contributed by atoms with Crippen LogP contribution in [-0.2, 0) is 6.54 Å². The van der Waals surface area contributed by atoms with Crippen molar-refractivity contribution in [1.82, 2.24) is 15.2 Å². The second-order valence-corrected chi connectivity index (χ2v) is 6.31. The maximum atomic E-state index is 4.33. The van der Waals surface area contributed by atoms with Crippen molar-refractivity contribution in [2.75, 3.05) is 25.0 Å². The summed E-state index contributed by atoms with van der Waals surface area (Å²) in [4.78, 5) is 9.28. The SMILES string of the molecule is CC(C)NCc1ccncc1N1CC(C)N(C)C(C)C1. The number of nitrogens with zero attached hydrogens (tertiary/aromatic N) is 3. The summed E-state index contributed by atoms with van der Waals surface area (Å²) in [5.74, 6) is 0. The number of aromatic nitrogens is 1. The molecule has 2 atom stereocenters. The van der Waals surface area contributed by atoms with Crippen LogP contribution in [-0.4, -0.2) is 48.1 Å². The first-order valence-corrected chi connectivity index (χ1v) is 7.62. The van der Waals surface area contributed by atoms with E-state index in [1.165, 1.54) is 11.3 Å². The first kappa shape index (κ1) is 15.3. The zero-order valence-corrected chi connectivity index (χ0v) is 13.4. The standard InChI is InChI=1S/C16H28N4/c1-12(2)18-8-15-6-7-17-9-16(15)20-10-13(3)19(5)14(4)11-20/h6-7,9,12-14,18H,8,10-11H2,1-5H3. The van der Waals surface area contributed by atoms with Crippen LogP contribution >= 0.6 is 0 Å². The van der Waals surface area contributed by atoms with Gasteiger partial charge in [0.15, 0.2) is 0 Å². The Balaban J connectivity index is 2.15. The Hall–Kier alpha value is -1.13. The van der Waals surface area contributed by atoms with Crippen molar-refractivity contribution in [3.63, 3.8) is 0 Å². The highest BCUT2D eigenvalue weighted by molar-refractivity contribution is 5.52. The molecular formula is C16H28N4. The van der Waals surface area contributed by atoms with E-state index in [2.05, 4.69) is 60.9 Å². The quantitative estimate of drug-likeness (QED) is 0.912. The molecule has 2 unspecified atom stereocenters. The Morgan fingerprint density at radius 1 is 1.30 bits per heavy atom. The summed E-state index contributed by atoms with van der Waals surface area (Å²) in [6.07, 6.45) is 3.91. The van der Waals surface area contributed by atoms with Crippen molar-refractivity contribution in [3.8, 4) is 0 Å². The van der Waals surface area contributed by atoms with Gasteiger partial charge in [0.25, 0.3) is 0 Å². The third-order valence-electron chi connectivity index (χ3n) is 4.29. The normalized spacial score (nSPS) is 24.4.